The van der Waals surface area contributed by atoms with Gasteiger partial charge in [-0.05, 0) is 17.7 Å². The lowest BCUT2D eigenvalue weighted by molar-refractivity contribution is -0.137. The Balaban J connectivity index is 2.72. The Bertz CT molecular complexity index is 475. The van der Waals surface area contributed by atoms with Crippen molar-refractivity contribution in [1.29, 1.82) is 0 Å². The molecule has 0 aliphatic carbocycles. The molecule has 0 atom stereocenters. The van der Waals surface area contributed by atoms with E-state index in [1.807, 2.05) is 0 Å². The van der Waals surface area contributed by atoms with Crippen LogP contribution in [0.15, 0.2) is 24.3 Å². The molecule has 0 fully saturated rings. The monoisotopic (exact) mass is 258 g/mol. The summed E-state index contributed by atoms with van der Waals surface area (Å²) in [6.45, 7) is 0. The van der Waals surface area contributed by atoms with Gasteiger partial charge in [-0.15, -0.1) is 0 Å². The Hall–Kier alpha value is -1.56. The number of hydrogen-bond acceptors (Lipinski definition) is 5. The van der Waals surface area contributed by atoms with Crippen LogP contribution in [0.2, 0.25) is 0 Å². The molecule has 17 heavy (non-hydrogen) atoms. The van der Waals surface area contributed by atoms with Crippen LogP contribution in [-0.4, -0.2) is 34.4 Å². The summed E-state index contributed by atoms with van der Waals surface area (Å²) in [5.74, 6) is -0.889. The lowest BCUT2D eigenvalue weighted by Crippen LogP contribution is -2.18. The van der Waals surface area contributed by atoms with E-state index in [1.54, 1.807) is 24.3 Å². The highest BCUT2D eigenvalue weighted by Crippen LogP contribution is 2.13. The molecule has 1 aromatic carbocycles. The Labute approximate surface area is 100 Å². The lowest BCUT2D eigenvalue weighted by Gasteiger charge is -2.04. The van der Waals surface area contributed by atoms with Gasteiger partial charge in [0.15, 0.2) is 9.84 Å². The Morgan fingerprint density at radius 1 is 1.18 bits per heavy atom. The van der Waals surface area contributed by atoms with Crippen LogP contribution in [0, 0.1) is 0 Å². The molecule has 0 amide bonds. The fourth-order valence-electron chi connectivity index (χ4n) is 1.27. The summed E-state index contributed by atoms with van der Waals surface area (Å²) in [6.07, 6.45) is 0. The van der Waals surface area contributed by atoms with Gasteiger partial charge >= 0.3 is 5.97 Å². The van der Waals surface area contributed by atoms with E-state index in [2.05, 4.69) is 4.74 Å². The van der Waals surface area contributed by atoms with Crippen molar-refractivity contribution in [2.24, 2.45) is 0 Å². The Morgan fingerprint density at radius 2 is 1.76 bits per heavy atom. The predicted octanol–water partition coefficient (Wildman–Crippen LogP) is 0.783. The van der Waals surface area contributed by atoms with E-state index in [1.165, 1.54) is 7.11 Å². The number of carbonyl (C=O) groups excluding carboxylic acids is 1. The summed E-state index contributed by atoms with van der Waals surface area (Å²) in [7, 11) is -0.792. The maximum atomic E-state index is 11.6. The molecule has 0 N–H and O–H groups in total. The molecule has 0 saturated carbocycles. The highest BCUT2D eigenvalue weighted by atomic mass is 32.2. The second kappa shape index (κ2) is 5.67. The number of carbonyl (C=O) groups is 1. The first-order chi connectivity index (χ1) is 7.96. The minimum atomic E-state index is -3.48. The van der Waals surface area contributed by atoms with E-state index in [4.69, 9.17) is 4.74 Å². The number of ether oxygens (including phenoxy) is 2. The highest BCUT2D eigenvalue weighted by Gasteiger charge is 2.17. The van der Waals surface area contributed by atoms with Crippen LogP contribution in [0.25, 0.3) is 0 Å². The van der Waals surface area contributed by atoms with Crippen molar-refractivity contribution in [1.82, 2.24) is 0 Å². The minimum Gasteiger partial charge on any atom is -0.497 e. The molecule has 0 spiro atoms. The quantitative estimate of drug-likeness (QED) is 0.730. The van der Waals surface area contributed by atoms with Gasteiger partial charge in [-0.1, -0.05) is 12.1 Å². The Kier molecular flexibility index (Phi) is 4.51. The van der Waals surface area contributed by atoms with Crippen LogP contribution in [0.1, 0.15) is 5.56 Å². The maximum absolute atomic E-state index is 11.6. The second-order valence-electron chi connectivity index (χ2n) is 3.46. The van der Waals surface area contributed by atoms with Crippen LogP contribution in [0.3, 0.4) is 0 Å². The molecule has 0 bridgehead atoms. The molecule has 94 valence electrons. The zero-order valence-electron chi connectivity index (χ0n) is 9.67. The first-order valence-corrected chi connectivity index (χ1v) is 6.69. The van der Waals surface area contributed by atoms with E-state index in [0.717, 1.165) is 7.11 Å². The van der Waals surface area contributed by atoms with Gasteiger partial charge in [-0.3, -0.25) is 4.79 Å². The molecule has 0 radical (unpaired) electrons. The number of sulfone groups is 1. The second-order valence-corrected chi connectivity index (χ2v) is 5.52. The van der Waals surface area contributed by atoms with Crippen molar-refractivity contribution < 1.29 is 22.7 Å². The molecule has 0 heterocycles. The lowest BCUT2D eigenvalue weighted by atomic mass is 10.2. The third-order valence-corrected chi connectivity index (χ3v) is 3.56. The summed E-state index contributed by atoms with van der Waals surface area (Å²) >= 11 is 0. The molecule has 0 aromatic heterocycles. The summed E-state index contributed by atoms with van der Waals surface area (Å²) in [4.78, 5) is 10.9. The van der Waals surface area contributed by atoms with Gasteiger partial charge in [-0.25, -0.2) is 8.42 Å². The van der Waals surface area contributed by atoms with E-state index in [0.29, 0.717) is 11.3 Å². The number of hydrogen-bond donors (Lipinski definition) is 0. The van der Waals surface area contributed by atoms with E-state index < -0.39 is 21.6 Å². The predicted molar refractivity (Wildman–Crippen MR) is 62.5 cm³/mol. The maximum Gasteiger partial charge on any atom is 0.320 e. The number of rotatable bonds is 5. The molecule has 6 heteroatoms. The van der Waals surface area contributed by atoms with Crippen molar-refractivity contribution in [3.8, 4) is 5.75 Å². The van der Waals surface area contributed by atoms with Crippen LogP contribution in [0.5, 0.6) is 5.75 Å². The van der Waals surface area contributed by atoms with Gasteiger partial charge in [0.25, 0.3) is 0 Å². The molecule has 5 nitrogen and oxygen atoms in total. The smallest absolute Gasteiger partial charge is 0.320 e. The normalized spacial score (nSPS) is 10.9. The summed E-state index contributed by atoms with van der Waals surface area (Å²) < 4.78 is 32.5. The largest absolute Gasteiger partial charge is 0.497 e. The Morgan fingerprint density at radius 3 is 2.24 bits per heavy atom. The zero-order valence-corrected chi connectivity index (χ0v) is 10.5. The molecule has 1 aromatic rings. The highest BCUT2D eigenvalue weighted by molar-refractivity contribution is 7.91. The van der Waals surface area contributed by atoms with Gasteiger partial charge < -0.3 is 9.47 Å². The molecular weight excluding hydrogens is 244 g/mol. The van der Waals surface area contributed by atoms with E-state index >= 15 is 0 Å². The fourth-order valence-corrected chi connectivity index (χ4v) is 2.54. The third-order valence-electron chi connectivity index (χ3n) is 2.11. The standard InChI is InChI=1S/C11H14O5S/c1-15-10-5-3-9(4-6-10)7-17(13,14)8-11(12)16-2/h3-6H,7-8H2,1-2H3. The van der Waals surface area contributed by atoms with E-state index in [-0.39, 0.29) is 5.75 Å². The zero-order chi connectivity index (χ0) is 12.9. The fraction of sp³-hybridized carbons (Fsp3) is 0.364. The van der Waals surface area contributed by atoms with Crippen molar-refractivity contribution in [2.45, 2.75) is 5.75 Å². The van der Waals surface area contributed by atoms with E-state index in [9.17, 15) is 13.2 Å². The number of esters is 1. The van der Waals surface area contributed by atoms with Crippen molar-refractivity contribution in [3.63, 3.8) is 0 Å². The minimum absolute atomic E-state index is 0.188. The SMILES string of the molecule is COC(=O)CS(=O)(=O)Cc1ccc(OC)cc1. The summed E-state index contributed by atoms with van der Waals surface area (Å²) in [6, 6.07) is 6.63. The molecule has 1 rings (SSSR count). The average molecular weight is 258 g/mol. The number of methoxy groups -OCH3 is 2. The first-order valence-electron chi connectivity index (χ1n) is 4.87. The van der Waals surface area contributed by atoms with Crippen LogP contribution >= 0.6 is 0 Å². The van der Waals surface area contributed by atoms with Crippen LogP contribution in [0.4, 0.5) is 0 Å². The molecule has 0 aliphatic heterocycles. The van der Waals surface area contributed by atoms with Gasteiger partial charge in [0.2, 0.25) is 0 Å². The molecule has 0 aliphatic rings. The van der Waals surface area contributed by atoms with Gasteiger partial charge in [-0.2, -0.15) is 0 Å². The summed E-state index contributed by atoms with van der Waals surface area (Å²) in [5, 5.41) is 0. The van der Waals surface area contributed by atoms with Gasteiger partial charge in [0.1, 0.15) is 11.5 Å². The van der Waals surface area contributed by atoms with Crippen molar-refractivity contribution in [2.75, 3.05) is 20.0 Å². The first kappa shape index (κ1) is 13.5. The van der Waals surface area contributed by atoms with Crippen LogP contribution < -0.4 is 4.74 Å². The molecule has 0 saturated heterocycles. The van der Waals surface area contributed by atoms with Crippen molar-refractivity contribution in [3.05, 3.63) is 29.8 Å². The number of benzene rings is 1. The van der Waals surface area contributed by atoms with Crippen LogP contribution in [-0.2, 0) is 25.1 Å². The van der Waals surface area contributed by atoms with Gasteiger partial charge in [0.05, 0.1) is 20.0 Å². The molecular formula is C11H14O5S. The molecule has 0 unspecified atom stereocenters. The van der Waals surface area contributed by atoms with Gasteiger partial charge in [0, 0.05) is 0 Å². The average Bonchev–Trinajstić information content (AvgIpc) is 2.28. The topological polar surface area (TPSA) is 69.7 Å². The van der Waals surface area contributed by atoms with Crippen molar-refractivity contribution >= 4 is 15.8 Å². The third kappa shape index (κ3) is 4.44. The summed E-state index contributed by atoms with van der Waals surface area (Å²) in [5.41, 5.74) is 0.606.